The highest BCUT2D eigenvalue weighted by molar-refractivity contribution is 5.99. The lowest BCUT2D eigenvalue weighted by Gasteiger charge is -2.12. The van der Waals surface area contributed by atoms with Crippen LogP contribution in [0.15, 0.2) is 53.2 Å². The Morgan fingerprint density at radius 1 is 1.05 bits per heavy atom. The molecule has 0 fully saturated rings. The molecule has 0 spiro atoms. The topological polar surface area (TPSA) is 132 Å². The van der Waals surface area contributed by atoms with Gasteiger partial charge in [0.25, 0.3) is 5.91 Å². The average molecular weight is 507 g/mol. The van der Waals surface area contributed by atoms with Gasteiger partial charge in [-0.15, -0.1) is 0 Å². The number of rotatable bonds is 8. The molecule has 0 atom stereocenters. The second-order valence-electron chi connectivity index (χ2n) is 9.42. The number of pyridine rings is 1. The van der Waals surface area contributed by atoms with Crippen LogP contribution in [0.25, 0.3) is 5.65 Å². The fourth-order valence-corrected chi connectivity index (χ4v) is 3.54. The van der Waals surface area contributed by atoms with Crippen molar-refractivity contribution in [3.05, 3.63) is 65.8 Å². The lowest BCUT2D eigenvalue weighted by Crippen LogP contribution is -2.28. The van der Waals surface area contributed by atoms with Gasteiger partial charge in [0.1, 0.15) is 28.6 Å². The van der Waals surface area contributed by atoms with Crippen LogP contribution in [0.4, 0.5) is 16.3 Å². The minimum atomic E-state index is -0.440. The zero-order chi connectivity index (χ0) is 26.6. The largest absolute Gasteiger partial charge is 0.457 e. The van der Waals surface area contributed by atoms with Crippen molar-refractivity contribution < 1.29 is 23.6 Å². The number of amides is 3. The van der Waals surface area contributed by atoms with Crippen LogP contribution in [0, 0.1) is 6.92 Å². The number of nitrogens with zero attached hydrogens (tertiary/aromatic N) is 3. The SMILES string of the molecule is COCCNC(=O)c1c(C)nc2cc(Oc3ccc(NC(=O)Nc4cc(C(C)(C)C)on4)cc3)ccn12. The smallest absolute Gasteiger partial charge is 0.324 e. The zero-order valence-corrected chi connectivity index (χ0v) is 21.4. The van der Waals surface area contributed by atoms with Gasteiger partial charge in [0.05, 0.1) is 12.3 Å². The van der Waals surface area contributed by atoms with E-state index in [1.54, 1.807) is 67.1 Å². The van der Waals surface area contributed by atoms with Crippen LogP contribution in [0.3, 0.4) is 0 Å². The minimum absolute atomic E-state index is 0.207. The number of anilines is 2. The molecule has 0 radical (unpaired) electrons. The monoisotopic (exact) mass is 506 g/mol. The second-order valence-corrected chi connectivity index (χ2v) is 9.42. The first-order valence-corrected chi connectivity index (χ1v) is 11.7. The lowest BCUT2D eigenvalue weighted by molar-refractivity contribution is 0.0930. The number of ether oxygens (including phenoxy) is 2. The van der Waals surface area contributed by atoms with Crippen molar-refractivity contribution >= 4 is 29.1 Å². The molecule has 0 bridgehead atoms. The van der Waals surface area contributed by atoms with Gasteiger partial charge in [-0.25, -0.2) is 9.78 Å². The van der Waals surface area contributed by atoms with E-state index in [0.717, 1.165) is 0 Å². The fourth-order valence-electron chi connectivity index (χ4n) is 3.54. The Kier molecular flexibility index (Phi) is 7.44. The molecule has 0 unspecified atom stereocenters. The molecule has 3 amide bonds. The molecule has 3 N–H and O–H groups in total. The summed E-state index contributed by atoms with van der Waals surface area (Å²) in [7, 11) is 1.58. The van der Waals surface area contributed by atoms with Crippen molar-refractivity contribution in [2.24, 2.45) is 0 Å². The Labute approximate surface area is 214 Å². The first-order valence-electron chi connectivity index (χ1n) is 11.7. The molecule has 11 heteroatoms. The molecule has 4 rings (SSSR count). The molecule has 0 aliphatic rings. The summed E-state index contributed by atoms with van der Waals surface area (Å²) in [5.74, 6) is 1.92. The number of carbonyl (C=O) groups is 2. The van der Waals surface area contributed by atoms with E-state index in [4.69, 9.17) is 14.0 Å². The first kappa shape index (κ1) is 25.7. The summed E-state index contributed by atoms with van der Waals surface area (Å²) >= 11 is 0. The Morgan fingerprint density at radius 3 is 2.49 bits per heavy atom. The van der Waals surface area contributed by atoms with E-state index in [1.807, 2.05) is 20.8 Å². The maximum absolute atomic E-state index is 12.5. The number of hydrogen-bond acceptors (Lipinski definition) is 7. The van der Waals surface area contributed by atoms with E-state index >= 15 is 0 Å². The Hall–Kier alpha value is -4.38. The van der Waals surface area contributed by atoms with E-state index in [2.05, 4.69) is 26.1 Å². The van der Waals surface area contributed by atoms with E-state index in [0.29, 0.717) is 59.0 Å². The summed E-state index contributed by atoms with van der Waals surface area (Å²) in [6.45, 7) is 8.61. The third-order valence-electron chi connectivity index (χ3n) is 5.42. The normalized spacial score (nSPS) is 11.4. The summed E-state index contributed by atoms with van der Waals surface area (Å²) in [5, 5.41) is 12.1. The number of hydrogen-bond donors (Lipinski definition) is 3. The maximum atomic E-state index is 12.5. The van der Waals surface area contributed by atoms with Crippen LogP contribution in [0.2, 0.25) is 0 Å². The van der Waals surface area contributed by atoms with Crippen LogP contribution in [-0.2, 0) is 10.2 Å². The van der Waals surface area contributed by atoms with Crippen molar-refractivity contribution in [1.29, 1.82) is 0 Å². The van der Waals surface area contributed by atoms with E-state index in [9.17, 15) is 9.59 Å². The molecule has 37 heavy (non-hydrogen) atoms. The molecule has 3 heterocycles. The van der Waals surface area contributed by atoms with Gasteiger partial charge in [-0.2, -0.15) is 0 Å². The van der Waals surface area contributed by atoms with Gasteiger partial charge in [-0.1, -0.05) is 25.9 Å². The number of carbonyl (C=O) groups excluding carboxylic acids is 2. The highest BCUT2D eigenvalue weighted by Gasteiger charge is 2.20. The number of aromatic nitrogens is 3. The van der Waals surface area contributed by atoms with Gasteiger partial charge >= 0.3 is 6.03 Å². The molecule has 1 aromatic carbocycles. The van der Waals surface area contributed by atoms with Crippen molar-refractivity contribution in [2.75, 3.05) is 30.9 Å². The summed E-state index contributed by atoms with van der Waals surface area (Å²) in [4.78, 5) is 29.3. The Balaban J connectivity index is 1.37. The third kappa shape index (κ3) is 6.25. The highest BCUT2D eigenvalue weighted by Crippen LogP contribution is 2.26. The van der Waals surface area contributed by atoms with Gasteiger partial charge in [0.15, 0.2) is 5.82 Å². The van der Waals surface area contributed by atoms with E-state index in [1.165, 1.54) is 0 Å². The number of imidazole rings is 1. The summed E-state index contributed by atoms with van der Waals surface area (Å²) in [6, 6.07) is 11.7. The molecule has 0 aliphatic carbocycles. The van der Waals surface area contributed by atoms with Crippen molar-refractivity contribution in [3.63, 3.8) is 0 Å². The fraction of sp³-hybridized carbons (Fsp3) is 0.308. The van der Waals surface area contributed by atoms with Gasteiger partial charge in [-0.05, 0) is 37.3 Å². The van der Waals surface area contributed by atoms with E-state index < -0.39 is 6.03 Å². The summed E-state index contributed by atoms with van der Waals surface area (Å²) < 4.78 is 17.9. The second kappa shape index (κ2) is 10.7. The molecule has 0 aliphatic heterocycles. The Bertz CT molecular complexity index is 1400. The maximum Gasteiger partial charge on any atom is 0.324 e. The lowest BCUT2D eigenvalue weighted by atomic mass is 9.93. The predicted octanol–water partition coefficient (Wildman–Crippen LogP) is 4.74. The number of urea groups is 1. The number of nitrogens with one attached hydrogen (secondary N) is 3. The van der Waals surface area contributed by atoms with Gasteiger partial charge in [0, 0.05) is 43.1 Å². The zero-order valence-electron chi connectivity index (χ0n) is 21.4. The third-order valence-corrected chi connectivity index (χ3v) is 5.42. The van der Waals surface area contributed by atoms with Gasteiger partial charge in [-0.3, -0.25) is 14.5 Å². The highest BCUT2D eigenvalue weighted by atomic mass is 16.5. The van der Waals surface area contributed by atoms with Crippen LogP contribution in [-0.4, -0.2) is 46.7 Å². The molecular formula is C26H30N6O5. The van der Waals surface area contributed by atoms with Gasteiger partial charge < -0.3 is 24.6 Å². The molecule has 0 saturated heterocycles. The molecule has 4 aromatic rings. The number of fused-ring (bicyclic) bond motifs is 1. The quantitative estimate of drug-likeness (QED) is 0.294. The number of aryl methyl sites for hydroxylation is 1. The minimum Gasteiger partial charge on any atom is -0.457 e. The number of benzene rings is 1. The van der Waals surface area contributed by atoms with Crippen molar-refractivity contribution in [1.82, 2.24) is 19.9 Å². The van der Waals surface area contributed by atoms with Crippen LogP contribution < -0.4 is 20.7 Å². The summed E-state index contributed by atoms with van der Waals surface area (Å²) in [6.07, 6.45) is 1.74. The molecule has 0 saturated carbocycles. The van der Waals surface area contributed by atoms with Crippen molar-refractivity contribution in [2.45, 2.75) is 33.1 Å². The standard InChI is InChI=1S/C26H30N6O5/c1-16-23(24(33)27-11-13-35-5)32-12-10-19(14-22(32)28-16)36-18-8-6-17(7-9-18)29-25(34)30-21-15-20(37-31-21)26(2,3)4/h6-10,12,14-15H,11,13H2,1-5H3,(H,27,33)(H2,29,30,31,34). The molecule has 194 valence electrons. The predicted molar refractivity (Wildman–Crippen MR) is 138 cm³/mol. The van der Waals surface area contributed by atoms with Crippen LogP contribution in [0.1, 0.15) is 42.7 Å². The molecular weight excluding hydrogens is 476 g/mol. The van der Waals surface area contributed by atoms with Crippen molar-refractivity contribution in [3.8, 4) is 11.5 Å². The van der Waals surface area contributed by atoms with E-state index in [-0.39, 0.29) is 11.3 Å². The van der Waals surface area contributed by atoms with Crippen LogP contribution >= 0.6 is 0 Å². The number of methoxy groups -OCH3 is 1. The first-order chi connectivity index (χ1) is 17.6. The van der Waals surface area contributed by atoms with Crippen LogP contribution in [0.5, 0.6) is 11.5 Å². The Morgan fingerprint density at radius 2 is 1.81 bits per heavy atom. The molecule has 11 nitrogen and oxygen atoms in total. The summed E-state index contributed by atoms with van der Waals surface area (Å²) in [5.41, 5.74) is 2.03. The van der Waals surface area contributed by atoms with Gasteiger partial charge in [0.2, 0.25) is 0 Å². The molecule has 3 aromatic heterocycles. The average Bonchev–Trinajstić information content (AvgIpc) is 3.43.